The summed E-state index contributed by atoms with van der Waals surface area (Å²) in [6, 6.07) is 0. The smallest absolute Gasteiger partial charge is 0.154 e. The van der Waals surface area contributed by atoms with E-state index in [1.54, 1.807) is 0 Å². The SMILES string of the molecule is CC1OCC(CC2NCC(CC3OCCCS3)CO2)CO1. The molecule has 6 heteroatoms. The van der Waals surface area contributed by atoms with Gasteiger partial charge in [-0.15, -0.1) is 11.8 Å². The van der Waals surface area contributed by atoms with Crippen molar-refractivity contribution in [1.82, 2.24) is 5.32 Å². The number of hydrogen-bond acceptors (Lipinski definition) is 6. The molecule has 3 atom stereocenters. The van der Waals surface area contributed by atoms with Crippen LogP contribution in [0.4, 0.5) is 0 Å². The summed E-state index contributed by atoms with van der Waals surface area (Å²) in [6.45, 7) is 6.28. The monoisotopic (exact) mass is 317 g/mol. The first-order chi connectivity index (χ1) is 10.3. The second kappa shape index (κ2) is 8.13. The summed E-state index contributed by atoms with van der Waals surface area (Å²) in [5.74, 6) is 2.23. The molecule has 3 fully saturated rings. The van der Waals surface area contributed by atoms with E-state index in [1.807, 2.05) is 18.7 Å². The van der Waals surface area contributed by atoms with Crippen LogP contribution in [-0.4, -0.2) is 56.7 Å². The van der Waals surface area contributed by atoms with Gasteiger partial charge in [0.2, 0.25) is 0 Å². The highest BCUT2D eigenvalue weighted by atomic mass is 32.2. The molecule has 3 heterocycles. The molecule has 0 spiro atoms. The Morgan fingerprint density at radius 2 is 1.81 bits per heavy atom. The number of rotatable bonds is 4. The Hall–Kier alpha value is 0.150. The van der Waals surface area contributed by atoms with Crippen LogP contribution in [0.5, 0.6) is 0 Å². The molecule has 0 aromatic rings. The number of ether oxygens (including phenoxy) is 4. The van der Waals surface area contributed by atoms with E-state index in [0.717, 1.165) is 45.8 Å². The van der Waals surface area contributed by atoms with E-state index in [0.29, 0.717) is 17.3 Å². The van der Waals surface area contributed by atoms with E-state index in [9.17, 15) is 0 Å². The molecule has 0 saturated carbocycles. The van der Waals surface area contributed by atoms with E-state index >= 15 is 0 Å². The Bertz CT molecular complexity index is 298. The maximum Gasteiger partial charge on any atom is 0.154 e. The highest BCUT2D eigenvalue weighted by molar-refractivity contribution is 7.99. The first kappa shape index (κ1) is 16.0. The van der Waals surface area contributed by atoms with Gasteiger partial charge in [0.25, 0.3) is 0 Å². The molecule has 0 aliphatic carbocycles. The van der Waals surface area contributed by atoms with Gasteiger partial charge in [-0.2, -0.15) is 0 Å². The predicted molar refractivity (Wildman–Crippen MR) is 82.1 cm³/mol. The van der Waals surface area contributed by atoms with Crippen LogP contribution in [-0.2, 0) is 18.9 Å². The molecule has 122 valence electrons. The average Bonchev–Trinajstić information content (AvgIpc) is 2.53. The highest BCUT2D eigenvalue weighted by Gasteiger charge is 2.28. The zero-order chi connectivity index (χ0) is 14.5. The summed E-state index contributed by atoms with van der Waals surface area (Å²) in [5.41, 5.74) is 0.368. The van der Waals surface area contributed by atoms with Gasteiger partial charge >= 0.3 is 0 Å². The molecule has 0 bridgehead atoms. The first-order valence-electron chi connectivity index (χ1n) is 8.11. The summed E-state index contributed by atoms with van der Waals surface area (Å²) in [7, 11) is 0. The second-order valence-electron chi connectivity index (χ2n) is 6.19. The van der Waals surface area contributed by atoms with Crippen molar-refractivity contribution in [3.05, 3.63) is 0 Å². The number of thioether (sulfide) groups is 1. The third kappa shape index (κ3) is 5.08. The van der Waals surface area contributed by atoms with Gasteiger partial charge in [-0.25, -0.2) is 0 Å². The summed E-state index contributed by atoms with van der Waals surface area (Å²) < 4.78 is 22.8. The van der Waals surface area contributed by atoms with Gasteiger partial charge in [-0.1, -0.05) is 0 Å². The lowest BCUT2D eigenvalue weighted by atomic mass is 10.0. The minimum absolute atomic E-state index is 0.0566. The molecule has 3 saturated heterocycles. The Morgan fingerprint density at radius 3 is 2.48 bits per heavy atom. The lowest BCUT2D eigenvalue weighted by molar-refractivity contribution is -0.197. The van der Waals surface area contributed by atoms with Crippen molar-refractivity contribution in [3.63, 3.8) is 0 Å². The van der Waals surface area contributed by atoms with E-state index in [2.05, 4.69) is 5.32 Å². The molecule has 3 aliphatic heterocycles. The molecule has 0 radical (unpaired) electrons. The van der Waals surface area contributed by atoms with Gasteiger partial charge in [0.1, 0.15) is 11.7 Å². The van der Waals surface area contributed by atoms with Crippen LogP contribution in [0.1, 0.15) is 26.2 Å². The Morgan fingerprint density at radius 1 is 1.00 bits per heavy atom. The van der Waals surface area contributed by atoms with Crippen molar-refractivity contribution in [2.24, 2.45) is 11.8 Å². The summed E-state index contributed by atoms with van der Waals surface area (Å²) in [4.78, 5) is 0. The zero-order valence-electron chi connectivity index (χ0n) is 12.8. The number of hydrogen-bond donors (Lipinski definition) is 1. The number of nitrogens with one attached hydrogen (secondary N) is 1. The second-order valence-corrected chi connectivity index (χ2v) is 7.46. The zero-order valence-corrected chi connectivity index (χ0v) is 13.6. The van der Waals surface area contributed by atoms with Crippen molar-refractivity contribution < 1.29 is 18.9 Å². The van der Waals surface area contributed by atoms with E-state index in [-0.39, 0.29) is 12.5 Å². The van der Waals surface area contributed by atoms with E-state index in [1.165, 1.54) is 12.2 Å². The third-order valence-corrected chi connectivity index (χ3v) is 5.49. The van der Waals surface area contributed by atoms with Crippen LogP contribution in [0.25, 0.3) is 0 Å². The van der Waals surface area contributed by atoms with Crippen LogP contribution in [0.15, 0.2) is 0 Å². The Kier molecular flexibility index (Phi) is 6.20. The minimum Gasteiger partial charge on any atom is -0.368 e. The normalized spacial score (nSPS) is 41.9. The summed E-state index contributed by atoms with van der Waals surface area (Å²) in [6.07, 6.45) is 3.34. The van der Waals surface area contributed by atoms with Crippen LogP contribution in [0, 0.1) is 11.8 Å². The van der Waals surface area contributed by atoms with Crippen molar-refractivity contribution in [1.29, 1.82) is 0 Å². The lowest BCUT2D eigenvalue weighted by Gasteiger charge is -2.35. The summed E-state index contributed by atoms with van der Waals surface area (Å²) in [5, 5.41) is 3.52. The van der Waals surface area contributed by atoms with Gasteiger partial charge in [-0.3, -0.25) is 5.32 Å². The fraction of sp³-hybridized carbons (Fsp3) is 1.00. The minimum atomic E-state index is -0.0566. The van der Waals surface area contributed by atoms with Gasteiger partial charge < -0.3 is 18.9 Å². The van der Waals surface area contributed by atoms with E-state index < -0.39 is 0 Å². The lowest BCUT2D eigenvalue weighted by Crippen LogP contribution is -2.46. The van der Waals surface area contributed by atoms with Crippen LogP contribution < -0.4 is 5.32 Å². The predicted octanol–water partition coefficient (Wildman–Crippen LogP) is 1.82. The third-order valence-electron chi connectivity index (χ3n) is 4.27. The molecular weight excluding hydrogens is 290 g/mol. The van der Waals surface area contributed by atoms with Crippen LogP contribution in [0.3, 0.4) is 0 Å². The fourth-order valence-corrected chi connectivity index (χ4v) is 4.14. The summed E-state index contributed by atoms with van der Waals surface area (Å²) >= 11 is 1.95. The topological polar surface area (TPSA) is 49.0 Å². The van der Waals surface area contributed by atoms with Gasteiger partial charge in [-0.05, 0) is 37.9 Å². The average molecular weight is 317 g/mol. The maximum atomic E-state index is 5.97. The molecular formula is C15H27NO4S. The fourth-order valence-electron chi connectivity index (χ4n) is 2.99. The van der Waals surface area contributed by atoms with E-state index in [4.69, 9.17) is 18.9 Å². The molecule has 3 aliphatic rings. The van der Waals surface area contributed by atoms with Crippen molar-refractivity contribution in [2.45, 2.75) is 44.1 Å². The molecule has 0 aromatic carbocycles. The van der Waals surface area contributed by atoms with Gasteiger partial charge in [0.05, 0.1) is 19.8 Å². The van der Waals surface area contributed by atoms with Crippen LogP contribution in [0.2, 0.25) is 0 Å². The molecule has 3 rings (SSSR count). The quantitative estimate of drug-likeness (QED) is 0.853. The van der Waals surface area contributed by atoms with Gasteiger partial charge in [0.15, 0.2) is 6.29 Å². The first-order valence-corrected chi connectivity index (χ1v) is 9.16. The van der Waals surface area contributed by atoms with Crippen molar-refractivity contribution >= 4 is 11.8 Å². The molecule has 5 nitrogen and oxygen atoms in total. The Labute approximate surface area is 131 Å². The molecule has 0 amide bonds. The highest BCUT2D eigenvalue weighted by Crippen LogP contribution is 2.27. The molecule has 21 heavy (non-hydrogen) atoms. The molecule has 1 N–H and O–H groups in total. The van der Waals surface area contributed by atoms with Crippen LogP contribution >= 0.6 is 11.8 Å². The molecule has 3 unspecified atom stereocenters. The largest absolute Gasteiger partial charge is 0.368 e. The maximum absolute atomic E-state index is 5.97. The Balaban J connectivity index is 1.33. The van der Waals surface area contributed by atoms with Gasteiger partial charge in [0, 0.05) is 19.1 Å². The standard InChI is InChI=1S/C15H27NO4S/c1-11-18-9-13(10-19-11)5-14-16-7-12(8-20-14)6-15-17-3-2-4-21-15/h11-16H,2-10H2,1H3. The van der Waals surface area contributed by atoms with Crippen molar-refractivity contribution in [2.75, 3.05) is 38.7 Å². The van der Waals surface area contributed by atoms with Crippen molar-refractivity contribution in [3.8, 4) is 0 Å². The molecule has 0 aromatic heterocycles.